The summed E-state index contributed by atoms with van der Waals surface area (Å²) in [5, 5.41) is 3.13. The maximum absolute atomic E-state index is 11.5. The van der Waals surface area contributed by atoms with Gasteiger partial charge in [-0.2, -0.15) is 0 Å². The summed E-state index contributed by atoms with van der Waals surface area (Å²) in [6.07, 6.45) is 7.54. The van der Waals surface area contributed by atoms with E-state index in [9.17, 15) is 9.59 Å². The Hall–Kier alpha value is -2.50. The number of rotatable bonds is 4. The average Bonchev–Trinajstić information content (AvgIpc) is 2.78. The highest BCUT2D eigenvalue weighted by molar-refractivity contribution is 5.61. The lowest BCUT2D eigenvalue weighted by Gasteiger charge is -2.17. The molecule has 1 aliphatic rings. The molecular formula is C14H18N4O2. The molecule has 0 amide bonds. The van der Waals surface area contributed by atoms with E-state index in [0.29, 0.717) is 0 Å². The molecule has 0 saturated heterocycles. The highest BCUT2D eigenvalue weighted by atomic mass is 16.2. The highest BCUT2D eigenvalue weighted by Gasteiger charge is 2.23. The van der Waals surface area contributed by atoms with Crippen molar-refractivity contribution in [2.45, 2.75) is 25.8 Å². The van der Waals surface area contributed by atoms with Gasteiger partial charge in [-0.1, -0.05) is 24.8 Å². The van der Waals surface area contributed by atoms with Gasteiger partial charge in [-0.05, 0) is 30.9 Å². The first kappa shape index (κ1) is 13.9. The van der Waals surface area contributed by atoms with Crippen LogP contribution in [0.4, 0.5) is 11.5 Å². The van der Waals surface area contributed by atoms with Gasteiger partial charge < -0.3 is 11.1 Å². The number of aromatic nitrogens is 2. The minimum Gasteiger partial charge on any atom is -0.391 e. The second-order valence-electron chi connectivity index (χ2n) is 4.62. The van der Waals surface area contributed by atoms with Crippen molar-refractivity contribution in [2.75, 3.05) is 11.1 Å². The van der Waals surface area contributed by atoms with E-state index in [2.05, 4.69) is 21.9 Å². The molecule has 0 bridgehead atoms. The van der Waals surface area contributed by atoms with Gasteiger partial charge in [0.05, 0.1) is 6.04 Å². The Labute approximate surface area is 116 Å². The molecule has 6 nitrogen and oxygen atoms in total. The lowest BCUT2D eigenvalue weighted by Crippen LogP contribution is -2.29. The Morgan fingerprint density at radius 1 is 1.40 bits per heavy atom. The van der Waals surface area contributed by atoms with Crippen molar-refractivity contribution >= 4 is 11.5 Å². The van der Waals surface area contributed by atoms with E-state index < -0.39 is 11.2 Å². The zero-order chi connectivity index (χ0) is 14.7. The van der Waals surface area contributed by atoms with Gasteiger partial charge in [0.25, 0.3) is 5.56 Å². The van der Waals surface area contributed by atoms with Crippen LogP contribution >= 0.6 is 0 Å². The fraction of sp³-hybridized carbons (Fsp3) is 0.286. The molecule has 1 atom stereocenters. The molecule has 0 spiro atoms. The van der Waals surface area contributed by atoms with Crippen LogP contribution < -0.4 is 22.3 Å². The quantitative estimate of drug-likeness (QED) is 0.664. The van der Waals surface area contributed by atoms with Crippen LogP contribution in [0.3, 0.4) is 0 Å². The smallest absolute Gasteiger partial charge is 0.327 e. The molecular weight excluding hydrogens is 256 g/mol. The molecule has 0 radical (unpaired) electrons. The lowest BCUT2D eigenvalue weighted by atomic mass is 10.1. The van der Waals surface area contributed by atoms with E-state index in [-0.39, 0.29) is 17.5 Å². The molecule has 0 aromatic carbocycles. The van der Waals surface area contributed by atoms with Crippen LogP contribution in [0.25, 0.3) is 0 Å². The summed E-state index contributed by atoms with van der Waals surface area (Å²) in [5.74, 6) is 0.260. The third-order valence-electron chi connectivity index (χ3n) is 3.34. The maximum Gasteiger partial charge on any atom is 0.327 e. The summed E-state index contributed by atoms with van der Waals surface area (Å²) in [6, 6.07) is -0.000972. The van der Waals surface area contributed by atoms with Crippen LogP contribution in [0.15, 0.2) is 45.5 Å². The topological polar surface area (TPSA) is 104 Å². The van der Waals surface area contributed by atoms with Gasteiger partial charge in [0.1, 0.15) is 11.5 Å². The molecule has 2 rings (SSSR count). The van der Waals surface area contributed by atoms with Crippen LogP contribution in [0.1, 0.15) is 19.8 Å². The summed E-state index contributed by atoms with van der Waals surface area (Å²) in [6.45, 7) is 5.74. The first-order valence-corrected chi connectivity index (χ1v) is 6.43. The fourth-order valence-electron chi connectivity index (χ4n) is 2.38. The molecule has 5 N–H and O–H groups in total. The van der Waals surface area contributed by atoms with Gasteiger partial charge in [0, 0.05) is 0 Å². The summed E-state index contributed by atoms with van der Waals surface area (Å²) >= 11 is 0. The Balaban J connectivity index is 2.36. The van der Waals surface area contributed by atoms with E-state index >= 15 is 0 Å². The third-order valence-corrected chi connectivity index (χ3v) is 3.34. The summed E-state index contributed by atoms with van der Waals surface area (Å²) in [4.78, 5) is 27.4. The van der Waals surface area contributed by atoms with E-state index in [4.69, 9.17) is 5.73 Å². The van der Waals surface area contributed by atoms with Gasteiger partial charge in [0.15, 0.2) is 0 Å². The molecule has 1 heterocycles. The van der Waals surface area contributed by atoms with Crippen LogP contribution in [0.5, 0.6) is 0 Å². The second-order valence-corrected chi connectivity index (χ2v) is 4.62. The van der Waals surface area contributed by atoms with Crippen LogP contribution in [-0.2, 0) is 0 Å². The normalized spacial score (nSPS) is 18.8. The molecule has 0 fully saturated rings. The van der Waals surface area contributed by atoms with Crippen molar-refractivity contribution < 1.29 is 0 Å². The first-order chi connectivity index (χ1) is 9.56. The Morgan fingerprint density at radius 3 is 2.80 bits per heavy atom. The van der Waals surface area contributed by atoms with Crippen LogP contribution in [-0.4, -0.2) is 16.0 Å². The number of hydrogen-bond acceptors (Lipinski definition) is 4. The molecule has 6 heteroatoms. The van der Waals surface area contributed by atoms with E-state index in [0.717, 1.165) is 24.0 Å². The molecule has 20 heavy (non-hydrogen) atoms. The fourth-order valence-corrected chi connectivity index (χ4v) is 2.38. The monoisotopic (exact) mass is 274 g/mol. The third kappa shape index (κ3) is 2.59. The molecule has 1 aromatic rings. The van der Waals surface area contributed by atoms with Gasteiger partial charge >= 0.3 is 5.69 Å². The van der Waals surface area contributed by atoms with Crippen LogP contribution in [0.2, 0.25) is 0 Å². The van der Waals surface area contributed by atoms with Crippen molar-refractivity contribution in [2.24, 2.45) is 0 Å². The molecule has 106 valence electrons. The first-order valence-electron chi connectivity index (χ1n) is 6.43. The molecule has 0 aliphatic heterocycles. The number of nitrogens with two attached hydrogens (primary N) is 1. The Morgan fingerprint density at radius 2 is 2.15 bits per heavy atom. The zero-order valence-corrected chi connectivity index (χ0v) is 11.3. The largest absolute Gasteiger partial charge is 0.391 e. The number of allylic oxidation sites excluding steroid dienone is 3. The van der Waals surface area contributed by atoms with Crippen molar-refractivity contribution in [3.05, 3.63) is 56.8 Å². The van der Waals surface area contributed by atoms with Crippen molar-refractivity contribution in [1.29, 1.82) is 0 Å². The summed E-state index contributed by atoms with van der Waals surface area (Å²) < 4.78 is 0. The zero-order valence-electron chi connectivity index (χ0n) is 11.3. The van der Waals surface area contributed by atoms with Crippen molar-refractivity contribution in [1.82, 2.24) is 9.97 Å². The van der Waals surface area contributed by atoms with Gasteiger partial charge in [-0.25, -0.2) is 4.79 Å². The van der Waals surface area contributed by atoms with E-state index in [1.54, 1.807) is 0 Å². The highest BCUT2D eigenvalue weighted by Crippen LogP contribution is 2.30. The number of hydrogen-bond donors (Lipinski definition) is 4. The van der Waals surface area contributed by atoms with Crippen LogP contribution in [0, 0.1) is 0 Å². The number of nitrogens with one attached hydrogen (secondary N) is 3. The average molecular weight is 274 g/mol. The standard InChI is InChI=1S/C14H18N4O2/c1-3-5-9-8(4-2)6-7-10(9)16-12-11(15)13(19)18-14(20)17-12/h3-5,10H,2,6-7,15H2,1H3,(H3,16,17,18,19,20)/b5-3-. The van der Waals surface area contributed by atoms with Gasteiger partial charge in [0.2, 0.25) is 0 Å². The lowest BCUT2D eigenvalue weighted by molar-refractivity contribution is 0.797. The maximum atomic E-state index is 11.5. The molecule has 0 saturated carbocycles. The van der Waals surface area contributed by atoms with Crippen molar-refractivity contribution in [3.8, 4) is 0 Å². The summed E-state index contributed by atoms with van der Waals surface area (Å²) in [5.41, 5.74) is 6.76. The Kier molecular flexibility index (Phi) is 3.93. The predicted octanol–water partition coefficient (Wildman–Crippen LogP) is 1.28. The predicted molar refractivity (Wildman–Crippen MR) is 80.8 cm³/mol. The number of H-pyrrole nitrogens is 2. The minimum atomic E-state index is -0.588. The number of nitrogen functional groups attached to an aromatic ring is 1. The molecule has 1 unspecified atom stereocenters. The Bertz CT molecular complexity index is 694. The summed E-state index contributed by atoms with van der Waals surface area (Å²) in [7, 11) is 0. The van der Waals surface area contributed by atoms with E-state index in [1.165, 1.54) is 0 Å². The number of anilines is 2. The second kappa shape index (κ2) is 5.64. The number of aromatic amines is 2. The molecule has 1 aromatic heterocycles. The van der Waals surface area contributed by atoms with Gasteiger partial charge in [-0.3, -0.25) is 14.8 Å². The minimum absolute atomic E-state index is 0.000972. The van der Waals surface area contributed by atoms with Crippen molar-refractivity contribution in [3.63, 3.8) is 0 Å². The molecule has 1 aliphatic carbocycles. The van der Waals surface area contributed by atoms with E-state index in [1.807, 2.05) is 25.2 Å². The SMILES string of the molecule is C=CC1=C(/C=C\C)C(Nc2[nH]c(=O)[nH]c(=O)c2N)CC1. The van der Waals surface area contributed by atoms with Gasteiger partial charge in [-0.15, -0.1) is 0 Å².